The molecule has 1 aliphatic rings. The Morgan fingerprint density at radius 3 is 2.77 bits per heavy atom. The first-order valence-corrected chi connectivity index (χ1v) is 11.4. The van der Waals surface area contributed by atoms with Crippen molar-refractivity contribution in [2.75, 3.05) is 40.5 Å². The Balaban J connectivity index is 2.52. The molecule has 1 N–H and O–H groups in total. The van der Waals surface area contributed by atoms with Crippen molar-refractivity contribution in [3.05, 3.63) is 29.8 Å². The number of hydrogen-bond donors (Lipinski definition) is 1. The number of fused-ring (bicyclic) bond motifs is 1. The molecule has 30 heavy (non-hydrogen) atoms. The van der Waals surface area contributed by atoms with Crippen LogP contribution in [0.1, 0.15) is 26.3 Å². The molecule has 1 aromatic carbocycles. The molecule has 0 spiro atoms. The Hall–Kier alpha value is -1.94. The largest absolute Gasteiger partial charge is 0.487 e. The van der Waals surface area contributed by atoms with Crippen LogP contribution in [-0.4, -0.2) is 81.2 Å². The van der Waals surface area contributed by atoms with Crippen LogP contribution in [0.5, 0.6) is 5.75 Å². The molecule has 0 radical (unpaired) electrons. The number of sulfonamides is 1. The van der Waals surface area contributed by atoms with Crippen molar-refractivity contribution in [1.82, 2.24) is 9.21 Å². The predicted molar refractivity (Wildman–Crippen MR) is 115 cm³/mol. The van der Waals surface area contributed by atoms with Gasteiger partial charge in [0.15, 0.2) is 0 Å². The number of methoxy groups -OCH3 is 1. The lowest BCUT2D eigenvalue weighted by molar-refractivity contribution is -0.135. The zero-order valence-electron chi connectivity index (χ0n) is 18.2. The van der Waals surface area contributed by atoms with Crippen LogP contribution in [0, 0.1) is 5.92 Å². The maximum absolute atomic E-state index is 13.4. The van der Waals surface area contributed by atoms with Gasteiger partial charge in [-0.2, -0.15) is 4.31 Å². The first-order valence-electron chi connectivity index (χ1n) is 9.94. The number of amides is 1. The summed E-state index contributed by atoms with van der Waals surface area (Å²) >= 11 is 0. The maximum Gasteiger partial charge on any atom is 0.248 e. The molecule has 3 atom stereocenters. The molecular formula is C21H32N2O6S. The number of carbonyl (C=O) groups excluding carboxylic acids is 1. The summed E-state index contributed by atoms with van der Waals surface area (Å²) in [7, 11) is -0.750. The van der Waals surface area contributed by atoms with Gasteiger partial charge in [-0.3, -0.25) is 4.79 Å². The molecule has 1 aliphatic heterocycles. The zero-order chi connectivity index (χ0) is 22.5. The maximum atomic E-state index is 13.4. The smallest absolute Gasteiger partial charge is 0.248 e. The second-order valence-corrected chi connectivity index (χ2v) is 9.51. The van der Waals surface area contributed by atoms with E-state index in [0.717, 1.165) is 5.56 Å². The van der Waals surface area contributed by atoms with Gasteiger partial charge < -0.3 is 19.5 Å². The lowest BCUT2D eigenvalue weighted by atomic mass is 10.0. The normalized spacial score (nSPS) is 22.6. The van der Waals surface area contributed by atoms with E-state index in [1.807, 2.05) is 26.0 Å². The van der Waals surface area contributed by atoms with E-state index in [-0.39, 0.29) is 48.8 Å². The van der Waals surface area contributed by atoms with Gasteiger partial charge in [0.2, 0.25) is 15.9 Å². The van der Waals surface area contributed by atoms with E-state index in [4.69, 9.17) is 9.47 Å². The standard InChI is InChI=1S/C21H32N2O6S/c1-6-7-17-8-9-20-18(10-17)29-19(12-22(4)21(25)14-28-5)15(2)11-23(16(3)13-24)30(20,26)27/h6-10,15-16,19,24H,11-14H2,1-5H3/b7-6+/t15-,16-,19+/m0/s1. The summed E-state index contributed by atoms with van der Waals surface area (Å²) in [4.78, 5) is 13.8. The summed E-state index contributed by atoms with van der Waals surface area (Å²) in [6.07, 6.45) is 3.27. The van der Waals surface area contributed by atoms with Crippen LogP contribution in [0.4, 0.5) is 0 Å². The summed E-state index contributed by atoms with van der Waals surface area (Å²) in [5.41, 5.74) is 0.809. The third-order valence-corrected chi connectivity index (χ3v) is 7.22. The lowest BCUT2D eigenvalue weighted by Crippen LogP contribution is -2.50. The van der Waals surface area contributed by atoms with Gasteiger partial charge in [0.05, 0.1) is 13.2 Å². The van der Waals surface area contributed by atoms with Crippen molar-refractivity contribution in [2.24, 2.45) is 5.92 Å². The number of allylic oxidation sites excluding steroid dienone is 1. The number of ether oxygens (including phenoxy) is 2. The summed E-state index contributed by atoms with van der Waals surface area (Å²) < 4.78 is 39.1. The van der Waals surface area contributed by atoms with E-state index in [1.165, 1.54) is 22.4 Å². The highest BCUT2D eigenvalue weighted by Crippen LogP contribution is 2.34. The summed E-state index contributed by atoms with van der Waals surface area (Å²) in [6, 6.07) is 4.35. The van der Waals surface area contributed by atoms with E-state index in [0.29, 0.717) is 0 Å². The molecule has 1 amide bonds. The Morgan fingerprint density at radius 2 is 2.17 bits per heavy atom. The second kappa shape index (κ2) is 10.4. The monoisotopic (exact) mass is 440 g/mol. The number of aliphatic hydroxyl groups excluding tert-OH is 1. The van der Waals surface area contributed by atoms with E-state index in [9.17, 15) is 18.3 Å². The van der Waals surface area contributed by atoms with Crippen molar-refractivity contribution in [1.29, 1.82) is 0 Å². The van der Waals surface area contributed by atoms with Crippen LogP contribution in [0.2, 0.25) is 0 Å². The van der Waals surface area contributed by atoms with Crippen molar-refractivity contribution in [2.45, 2.75) is 37.8 Å². The van der Waals surface area contributed by atoms with E-state index in [2.05, 4.69) is 0 Å². The van der Waals surface area contributed by atoms with Crippen LogP contribution in [0.15, 0.2) is 29.2 Å². The summed E-state index contributed by atoms with van der Waals surface area (Å²) in [5.74, 6) is -0.179. The Morgan fingerprint density at radius 1 is 1.47 bits per heavy atom. The number of carbonyl (C=O) groups is 1. The van der Waals surface area contributed by atoms with E-state index in [1.54, 1.807) is 26.1 Å². The second-order valence-electron chi connectivity index (χ2n) is 7.65. The lowest BCUT2D eigenvalue weighted by Gasteiger charge is -2.37. The first-order chi connectivity index (χ1) is 14.1. The third kappa shape index (κ3) is 5.40. The Labute approximate surface area is 179 Å². The quantitative estimate of drug-likeness (QED) is 0.692. The fraction of sp³-hybridized carbons (Fsp3) is 0.571. The number of nitrogens with zero attached hydrogens (tertiary/aromatic N) is 2. The van der Waals surface area contributed by atoms with Crippen molar-refractivity contribution < 1.29 is 27.8 Å². The number of rotatable bonds is 7. The van der Waals surface area contributed by atoms with E-state index >= 15 is 0 Å². The topological polar surface area (TPSA) is 96.4 Å². The molecule has 2 rings (SSSR count). The van der Waals surface area contributed by atoms with Crippen molar-refractivity contribution in [3.8, 4) is 5.75 Å². The average Bonchev–Trinajstić information content (AvgIpc) is 2.70. The molecule has 0 bridgehead atoms. The summed E-state index contributed by atoms with van der Waals surface area (Å²) in [5, 5.41) is 9.66. The highest BCUT2D eigenvalue weighted by atomic mass is 32.2. The molecule has 0 saturated carbocycles. The number of aliphatic hydroxyl groups is 1. The van der Waals surface area contributed by atoms with Gasteiger partial charge in [0.25, 0.3) is 0 Å². The predicted octanol–water partition coefficient (Wildman–Crippen LogP) is 1.59. The van der Waals surface area contributed by atoms with Gasteiger partial charge in [0.1, 0.15) is 23.4 Å². The highest BCUT2D eigenvalue weighted by molar-refractivity contribution is 7.89. The van der Waals surface area contributed by atoms with Crippen LogP contribution in [0.3, 0.4) is 0 Å². The molecule has 0 unspecified atom stereocenters. The van der Waals surface area contributed by atoms with Gasteiger partial charge >= 0.3 is 0 Å². The molecule has 0 aromatic heterocycles. The molecule has 1 aromatic rings. The zero-order valence-corrected chi connectivity index (χ0v) is 19.1. The Kier molecular flexibility index (Phi) is 8.42. The third-order valence-electron chi connectivity index (χ3n) is 5.20. The van der Waals surface area contributed by atoms with Gasteiger partial charge in [-0.1, -0.05) is 25.1 Å². The van der Waals surface area contributed by atoms with Crippen LogP contribution < -0.4 is 4.74 Å². The minimum Gasteiger partial charge on any atom is -0.487 e. The van der Waals surface area contributed by atoms with Crippen LogP contribution in [0.25, 0.3) is 6.08 Å². The molecule has 9 heteroatoms. The van der Waals surface area contributed by atoms with Gasteiger partial charge in [0, 0.05) is 32.7 Å². The van der Waals surface area contributed by atoms with Gasteiger partial charge in [-0.15, -0.1) is 0 Å². The van der Waals surface area contributed by atoms with E-state index < -0.39 is 22.2 Å². The molecule has 8 nitrogen and oxygen atoms in total. The number of likely N-dealkylation sites (N-methyl/N-ethyl adjacent to an activating group) is 1. The van der Waals surface area contributed by atoms with Crippen LogP contribution in [-0.2, 0) is 19.6 Å². The molecular weight excluding hydrogens is 408 g/mol. The van der Waals surface area contributed by atoms with Crippen LogP contribution >= 0.6 is 0 Å². The SMILES string of the molecule is C/C=C/c1ccc2c(c1)O[C@H](CN(C)C(=O)COC)[C@@H](C)CN([C@@H](C)CO)S2(=O)=O. The van der Waals surface area contributed by atoms with Crippen molar-refractivity contribution >= 4 is 22.0 Å². The minimum atomic E-state index is -3.87. The Bertz CT molecular complexity index is 870. The number of benzene rings is 1. The van der Waals surface area contributed by atoms with Gasteiger partial charge in [-0.05, 0) is 31.5 Å². The molecule has 0 fully saturated rings. The highest BCUT2D eigenvalue weighted by Gasteiger charge is 2.38. The molecule has 168 valence electrons. The number of hydrogen-bond acceptors (Lipinski definition) is 6. The summed E-state index contributed by atoms with van der Waals surface area (Å²) in [6.45, 7) is 5.53. The van der Waals surface area contributed by atoms with Gasteiger partial charge in [-0.25, -0.2) is 8.42 Å². The first kappa shape index (κ1) is 24.3. The fourth-order valence-electron chi connectivity index (χ4n) is 3.36. The molecule has 1 heterocycles. The fourth-order valence-corrected chi connectivity index (χ4v) is 5.19. The molecule has 0 aliphatic carbocycles. The van der Waals surface area contributed by atoms with Crippen molar-refractivity contribution in [3.63, 3.8) is 0 Å². The minimum absolute atomic E-state index is 0.0400. The average molecular weight is 441 g/mol. The molecule has 0 saturated heterocycles.